The van der Waals surface area contributed by atoms with Crippen LogP contribution in [0.1, 0.15) is 55.0 Å². The van der Waals surface area contributed by atoms with Gasteiger partial charge < -0.3 is 13.7 Å². The monoisotopic (exact) mass is 755 g/mol. The van der Waals surface area contributed by atoms with E-state index in [1.807, 2.05) is 6.07 Å². The number of carbonyl (C=O) groups excluding carboxylic acids is 2. The van der Waals surface area contributed by atoms with Crippen LogP contribution in [-0.2, 0) is 43.1 Å². The largest absolute Gasteiger partial charge is 0.457 e. The van der Waals surface area contributed by atoms with Crippen molar-refractivity contribution in [1.82, 2.24) is 0 Å². The van der Waals surface area contributed by atoms with E-state index in [0.29, 0.717) is 17.7 Å². The number of nitrogens with zero attached hydrogens (tertiary/aromatic N) is 6. The van der Waals surface area contributed by atoms with Crippen molar-refractivity contribution in [2.75, 3.05) is 6.26 Å². The Bertz CT molecular complexity index is 2610. The van der Waals surface area contributed by atoms with Gasteiger partial charge in [-0.1, -0.05) is 17.4 Å². The van der Waals surface area contributed by atoms with Gasteiger partial charge in [0.1, 0.15) is 34.6 Å². The number of hydrogen-bond donors (Lipinski definition) is 0. The summed E-state index contributed by atoms with van der Waals surface area (Å²) < 4.78 is 83.4. The van der Waals surface area contributed by atoms with Gasteiger partial charge in [0.05, 0.1) is 37.9 Å². The van der Waals surface area contributed by atoms with Crippen LogP contribution in [0.3, 0.4) is 0 Å². The fourth-order valence-electron chi connectivity index (χ4n) is 5.73. The van der Waals surface area contributed by atoms with Gasteiger partial charge in [0.15, 0.2) is 23.9 Å². The Balaban J connectivity index is 0.000000204. The summed E-state index contributed by atoms with van der Waals surface area (Å²) in [6, 6.07) is 16.5. The summed E-state index contributed by atoms with van der Waals surface area (Å²) in [4.78, 5) is 24.7. The number of ketones is 2. The van der Waals surface area contributed by atoms with Crippen molar-refractivity contribution in [2.45, 2.75) is 36.1 Å². The fraction of sp³-hybridized carbons (Fsp3) is 0.167. The number of rotatable bonds is 7. The molecule has 2 aliphatic carbocycles. The van der Waals surface area contributed by atoms with Gasteiger partial charge in [0.25, 0.3) is 0 Å². The highest BCUT2D eigenvalue weighted by Crippen LogP contribution is 2.39. The molecule has 0 aromatic heterocycles. The normalized spacial score (nSPS) is 15.6. The van der Waals surface area contributed by atoms with Crippen molar-refractivity contribution in [3.8, 4) is 47.5 Å². The SMILES string of the molecule is CS(=O)(=NC#N)c1ccc(Oc2cc(F)cc(C#N)c2)c2c1C(=O)CC2.N#CN=[S-](=O)Cc1ccc(Oc2cc(F)cc(C#N)c2)c2c1C(=O)C(F)C2. The number of fused-ring (bicyclic) bond motifs is 2. The van der Waals surface area contributed by atoms with Gasteiger partial charge in [0, 0.05) is 53.5 Å². The minimum atomic E-state index is -3.04. The molecule has 2 aliphatic rings. The van der Waals surface area contributed by atoms with Crippen molar-refractivity contribution < 1.29 is 40.7 Å². The molecule has 0 aliphatic heterocycles. The second kappa shape index (κ2) is 15.8. The van der Waals surface area contributed by atoms with E-state index in [4.69, 9.17) is 30.5 Å². The highest BCUT2D eigenvalue weighted by atomic mass is 32.2. The summed E-state index contributed by atoms with van der Waals surface area (Å²) in [7, 11) is -4.92. The van der Waals surface area contributed by atoms with Crippen molar-refractivity contribution >= 4 is 31.9 Å². The number of alkyl halides is 1. The molecule has 2 atom stereocenters. The number of nitriles is 4. The van der Waals surface area contributed by atoms with Crippen molar-refractivity contribution in [2.24, 2.45) is 8.73 Å². The first kappa shape index (κ1) is 37.7. The molecule has 6 rings (SSSR count). The van der Waals surface area contributed by atoms with Crippen molar-refractivity contribution in [1.29, 1.82) is 21.0 Å². The lowest BCUT2D eigenvalue weighted by Gasteiger charge is -2.14. The maximum atomic E-state index is 14.0. The van der Waals surface area contributed by atoms with Crippen LogP contribution in [0.4, 0.5) is 13.2 Å². The number of carbonyl (C=O) groups is 2. The van der Waals surface area contributed by atoms with Crippen LogP contribution < -0.4 is 9.47 Å². The fourth-order valence-corrected chi connectivity index (χ4v) is 7.58. The molecule has 4 aromatic rings. The maximum absolute atomic E-state index is 14.0. The molecule has 0 saturated carbocycles. The van der Waals surface area contributed by atoms with E-state index in [1.54, 1.807) is 6.07 Å². The van der Waals surface area contributed by atoms with Crippen molar-refractivity contribution in [3.05, 3.63) is 111 Å². The first-order valence-corrected chi connectivity index (χ1v) is 18.4. The summed E-state index contributed by atoms with van der Waals surface area (Å²) in [6.45, 7) is 0. The smallest absolute Gasteiger partial charge is 0.214 e. The van der Waals surface area contributed by atoms with Crippen LogP contribution in [-0.4, -0.2) is 28.2 Å². The summed E-state index contributed by atoms with van der Waals surface area (Å²) in [5, 5.41) is 35.0. The van der Waals surface area contributed by atoms with E-state index in [2.05, 4.69) is 8.73 Å². The Hall–Kier alpha value is -6.53. The Labute approximate surface area is 302 Å². The molecule has 0 N–H and O–H groups in total. The molecule has 0 radical (unpaired) electrons. The molecule has 2 unspecified atom stereocenters. The Morgan fingerprint density at radius 3 is 1.98 bits per heavy atom. The van der Waals surface area contributed by atoms with Gasteiger partial charge in [-0.2, -0.15) is 31.6 Å². The molecule has 17 heteroatoms. The zero-order valence-electron chi connectivity index (χ0n) is 27.3. The predicted octanol–water partition coefficient (Wildman–Crippen LogP) is 7.25. The summed E-state index contributed by atoms with van der Waals surface area (Å²) in [5.74, 6) is -1.88. The standard InChI is InChI=1S/C18H10F2N3O3S.C18H12FN3O3S/c19-12-3-10(7-21)4-13(5-12)26-16-2-1-11(8-27(25)23-9-22)17-14(16)6-15(20)18(17)24;1-26(24,22-10-21)17-5-4-16(14-2-3-15(23)18(14)17)25-13-7-11(9-20)6-12(19)8-13/h1-5,15H,6,8H2;4-8H,2-3H2,1H3/q-1;. The summed E-state index contributed by atoms with van der Waals surface area (Å²) in [6.07, 6.45) is 2.82. The van der Waals surface area contributed by atoms with Gasteiger partial charge in [-0.05, 0) is 48.9 Å². The first-order chi connectivity index (χ1) is 25.3. The van der Waals surface area contributed by atoms with Crippen LogP contribution in [0.15, 0.2) is 74.3 Å². The van der Waals surface area contributed by atoms with E-state index < -0.39 is 43.9 Å². The highest BCUT2D eigenvalue weighted by molar-refractivity contribution is 7.93. The minimum absolute atomic E-state index is 0.0271. The second-order valence-electron chi connectivity index (χ2n) is 11.4. The molecule has 266 valence electrons. The molecule has 0 heterocycles. The lowest BCUT2D eigenvalue weighted by atomic mass is 10.0. The second-order valence-corrected chi connectivity index (χ2v) is 14.7. The zero-order valence-corrected chi connectivity index (χ0v) is 28.9. The number of hydrogen-bond acceptors (Lipinski definition) is 13. The van der Waals surface area contributed by atoms with Crippen LogP contribution >= 0.6 is 0 Å². The topological polar surface area (TPSA) is 207 Å². The molecular formula is C36H22F3N6O6S2-. The summed E-state index contributed by atoms with van der Waals surface area (Å²) >= 11 is 0. The third-order valence-corrected chi connectivity index (χ3v) is 10.3. The Morgan fingerprint density at radius 2 is 1.42 bits per heavy atom. The Kier molecular flexibility index (Phi) is 11.2. The third kappa shape index (κ3) is 8.35. The van der Waals surface area contributed by atoms with Crippen LogP contribution in [0.5, 0.6) is 23.0 Å². The Morgan fingerprint density at radius 1 is 0.830 bits per heavy atom. The molecule has 53 heavy (non-hydrogen) atoms. The van der Waals surface area contributed by atoms with Crippen LogP contribution in [0.25, 0.3) is 0 Å². The van der Waals surface area contributed by atoms with Crippen molar-refractivity contribution in [3.63, 3.8) is 0 Å². The molecule has 0 fully saturated rings. The minimum Gasteiger partial charge on any atom is -0.457 e. The predicted molar refractivity (Wildman–Crippen MR) is 181 cm³/mol. The first-order valence-electron chi connectivity index (χ1n) is 15.2. The van der Waals surface area contributed by atoms with Crippen LogP contribution in [0.2, 0.25) is 0 Å². The molecule has 0 saturated heterocycles. The maximum Gasteiger partial charge on any atom is 0.214 e. The number of ether oxygens (including phenoxy) is 2. The zero-order chi connectivity index (χ0) is 38.4. The third-order valence-electron chi connectivity index (χ3n) is 7.88. The molecule has 0 amide bonds. The molecule has 12 nitrogen and oxygen atoms in total. The average Bonchev–Trinajstić information content (AvgIpc) is 3.64. The molecule has 4 aromatic carbocycles. The van der Waals surface area contributed by atoms with Crippen LogP contribution in [0, 0.1) is 57.2 Å². The van der Waals surface area contributed by atoms with Gasteiger partial charge in [-0.15, -0.1) is 4.36 Å². The highest BCUT2D eigenvalue weighted by Gasteiger charge is 2.35. The van der Waals surface area contributed by atoms with E-state index in [0.717, 1.165) is 24.3 Å². The van der Waals surface area contributed by atoms with Gasteiger partial charge in [-0.25, -0.2) is 17.4 Å². The van der Waals surface area contributed by atoms with Gasteiger partial charge in [0.2, 0.25) is 6.19 Å². The molecular weight excluding hydrogens is 734 g/mol. The average molecular weight is 756 g/mol. The lowest BCUT2D eigenvalue weighted by Crippen LogP contribution is -2.10. The van der Waals surface area contributed by atoms with Gasteiger partial charge in [-0.3, -0.25) is 14.0 Å². The van der Waals surface area contributed by atoms with E-state index in [1.165, 1.54) is 55.0 Å². The number of halogens is 3. The quantitative estimate of drug-likeness (QED) is 0.136. The number of benzene rings is 4. The van der Waals surface area contributed by atoms with Gasteiger partial charge >= 0.3 is 0 Å². The molecule has 0 spiro atoms. The molecule has 0 bridgehead atoms. The van der Waals surface area contributed by atoms with E-state index in [9.17, 15) is 31.2 Å². The van der Waals surface area contributed by atoms with E-state index >= 15 is 0 Å². The lowest BCUT2D eigenvalue weighted by molar-refractivity contribution is 0.0898. The number of Topliss-reactive ketones (excluding diaryl/α,β-unsaturated/α-hetero) is 2. The van der Waals surface area contributed by atoms with E-state index in [-0.39, 0.29) is 79.9 Å². The summed E-state index contributed by atoms with van der Waals surface area (Å²) in [5.41, 5.74) is 1.53.